The second-order valence-corrected chi connectivity index (χ2v) is 8.36. The number of nitrogens with two attached hydrogens (primary N) is 1. The van der Waals surface area contributed by atoms with Crippen LogP contribution in [0.25, 0.3) is 21.8 Å². The summed E-state index contributed by atoms with van der Waals surface area (Å²) in [7, 11) is 3.45. The van der Waals surface area contributed by atoms with Crippen molar-refractivity contribution in [2.75, 3.05) is 19.3 Å². The topological polar surface area (TPSA) is 110 Å². The van der Waals surface area contributed by atoms with Crippen LogP contribution in [0.4, 0.5) is 19.0 Å². The molecule has 1 amide bonds. The zero-order valence-corrected chi connectivity index (χ0v) is 19.7. The van der Waals surface area contributed by atoms with Gasteiger partial charge in [0.05, 0.1) is 29.2 Å². The van der Waals surface area contributed by atoms with Gasteiger partial charge in [-0.05, 0) is 36.2 Å². The molecule has 9 nitrogen and oxygen atoms in total. The summed E-state index contributed by atoms with van der Waals surface area (Å²) in [5.41, 5.74) is 7.13. The van der Waals surface area contributed by atoms with Gasteiger partial charge in [-0.1, -0.05) is 6.07 Å². The summed E-state index contributed by atoms with van der Waals surface area (Å²) in [4.78, 5) is 32.3. The number of rotatable bonds is 8. The van der Waals surface area contributed by atoms with Crippen LogP contribution in [0.1, 0.15) is 34.5 Å². The van der Waals surface area contributed by atoms with E-state index in [-0.39, 0.29) is 12.5 Å². The monoisotopic (exact) mass is 499 g/mol. The van der Waals surface area contributed by atoms with Gasteiger partial charge in [0.2, 0.25) is 0 Å². The zero-order valence-electron chi connectivity index (χ0n) is 19.7. The molecule has 0 unspecified atom stereocenters. The number of nitrogen functional groups attached to an aromatic ring is 1. The predicted molar refractivity (Wildman–Crippen MR) is 127 cm³/mol. The first kappa shape index (κ1) is 25.0. The second kappa shape index (κ2) is 9.90. The van der Waals surface area contributed by atoms with Crippen molar-refractivity contribution < 1.29 is 22.8 Å². The summed E-state index contributed by atoms with van der Waals surface area (Å²) in [6.07, 6.45) is -0.230. The second-order valence-electron chi connectivity index (χ2n) is 8.36. The van der Waals surface area contributed by atoms with Gasteiger partial charge in [-0.25, -0.2) is 9.99 Å². The number of halogens is 3. The average molecular weight is 499 g/mol. The summed E-state index contributed by atoms with van der Waals surface area (Å²) in [6, 6.07) is 7.19. The number of benzene rings is 1. The summed E-state index contributed by atoms with van der Waals surface area (Å²) in [5, 5.41) is 8.66. The van der Waals surface area contributed by atoms with E-state index in [9.17, 15) is 22.8 Å². The molecule has 0 aliphatic heterocycles. The fourth-order valence-electron chi connectivity index (χ4n) is 3.97. The third kappa shape index (κ3) is 4.98. The van der Waals surface area contributed by atoms with Crippen molar-refractivity contribution in [3.05, 3.63) is 59.5 Å². The number of nitrogens with zero attached hydrogens (tertiary/aromatic N) is 6. The van der Waals surface area contributed by atoms with Crippen molar-refractivity contribution >= 4 is 39.8 Å². The van der Waals surface area contributed by atoms with Crippen LogP contribution in [0, 0.1) is 0 Å². The van der Waals surface area contributed by atoms with E-state index in [4.69, 9.17) is 5.73 Å². The fourth-order valence-corrected chi connectivity index (χ4v) is 3.97. The maximum absolute atomic E-state index is 13.7. The van der Waals surface area contributed by atoms with Crippen LogP contribution in [-0.2, 0) is 24.6 Å². The summed E-state index contributed by atoms with van der Waals surface area (Å²) < 4.78 is 40.4. The molecule has 4 aromatic rings. The molecule has 0 radical (unpaired) electrons. The average Bonchev–Trinajstić information content (AvgIpc) is 3.24. The normalized spacial score (nSPS) is 11.9. The van der Waals surface area contributed by atoms with Crippen molar-refractivity contribution in [1.82, 2.24) is 29.8 Å². The maximum atomic E-state index is 13.7. The highest BCUT2D eigenvalue weighted by Crippen LogP contribution is 2.29. The Morgan fingerprint density at radius 3 is 2.61 bits per heavy atom. The molecule has 0 fully saturated rings. The first-order valence-electron chi connectivity index (χ1n) is 11.1. The molecule has 12 heteroatoms. The molecule has 0 saturated heterocycles. The van der Waals surface area contributed by atoms with Crippen molar-refractivity contribution in [1.29, 1.82) is 0 Å². The van der Waals surface area contributed by atoms with Gasteiger partial charge >= 0.3 is 6.18 Å². The van der Waals surface area contributed by atoms with Crippen LogP contribution >= 0.6 is 0 Å². The highest BCUT2D eigenvalue weighted by Gasteiger charge is 2.32. The lowest BCUT2D eigenvalue weighted by Crippen LogP contribution is -2.44. The number of aldehydes is 1. The lowest BCUT2D eigenvalue weighted by atomic mass is 10.1. The van der Waals surface area contributed by atoms with Crippen LogP contribution < -0.4 is 5.73 Å². The van der Waals surface area contributed by atoms with Gasteiger partial charge in [0, 0.05) is 44.2 Å². The number of carbonyl (C=O) groups is 2. The molecule has 0 saturated carbocycles. The molecule has 1 aromatic carbocycles. The third-order valence-corrected chi connectivity index (χ3v) is 5.85. The number of fused-ring (bicyclic) bond motifs is 3. The fraction of sp³-hybridized carbons (Fsp3) is 0.292. The van der Waals surface area contributed by atoms with E-state index >= 15 is 0 Å². The molecule has 0 aliphatic carbocycles. The lowest BCUT2D eigenvalue weighted by molar-refractivity contribution is -0.141. The Balaban J connectivity index is 1.70. The van der Waals surface area contributed by atoms with Gasteiger partial charge in [0.25, 0.3) is 5.91 Å². The number of hydrazine groups is 1. The van der Waals surface area contributed by atoms with Crippen molar-refractivity contribution in [3.63, 3.8) is 0 Å². The third-order valence-electron chi connectivity index (χ3n) is 5.85. The molecule has 3 heterocycles. The summed E-state index contributed by atoms with van der Waals surface area (Å²) in [6.45, 7) is 0.372. The number of unbranched alkanes of at least 4 members (excludes halogenated alkanes) is 1. The Bertz CT molecular complexity index is 1420. The first-order valence-corrected chi connectivity index (χ1v) is 11.1. The minimum atomic E-state index is -4.56. The largest absolute Gasteiger partial charge is 0.433 e. The Morgan fingerprint density at radius 2 is 1.94 bits per heavy atom. The molecule has 0 aliphatic rings. The molecule has 188 valence electrons. The van der Waals surface area contributed by atoms with Gasteiger partial charge in [-0.15, -0.1) is 0 Å². The quantitative estimate of drug-likeness (QED) is 0.224. The Kier molecular flexibility index (Phi) is 6.88. The van der Waals surface area contributed by atoms with Crippen molar-refractivity contribution in [2.45, 2.75) is 25.6 Å². The smallest absolute Gasteiger partial charge is 0.383 e. The van der Waals surface area contributed by atoms with E-state index < -0.39 is 11.9 Å². The number of hydrogen-bond acceptors (Lipinski definition) is 7. The number of carbonyl (C=O) groups excluding carboxylic acids is 2. The van der Waals surface area contributed by atoms with Crippen LogP contribution in [0.5, 0.6) is 0 Å². The molecule has 0 atom stereocenters. The number of pyridine rings is 2. The molecule has 2 N–H and O–H groups in total. The Hall–Kier alpha value is -4.06. The molecule has 0 bridgehead atoms. The van der Waals surface area contributed by atoms with Gasteiger partial charge in [-0.3, -0.25) is 19.5 Å². The molecule has 3 aromatic heterocycles. The number of aryl methyl sites for hydroxylation is 1. The van der Waals surface area contributed by atoms with Crippen molar-refractivity contribution in [3.8, 4) is 0 Å². The van der Waals surface area contributed by atoms with E-state index in [2.05, 4.69) is 15.1 Å². The van der Waals surface area contributed by atoms with Crippen LogP contribution in [0.3, 0.4) is 0 Å². The van der Waals surface area contributed by atoms with Crippen LogP contribution in [0.15, 0.2) is 42.7 Å². The van der Waals surface area contributed by atoms with Gasteiger partial charge in [0.15, 0.2) is 0 Å². The number of alkyl halides is 3. The minimum absolute atomic E-state index is 0.0132. The zero-order chi connectivity index (χ0) is 26.0. The first-order chi connectivity index (χ1) is 17.1. The number of anilines is 1. The van der Waals surface area contributed by atoms with Crippen LogP contribution in [0.2, 0.25) is 0 Å². The molecule has 36 heavy (non-hydrogen) atoms. The lowest BCUT2D eigenvalue weighted by Gasteiger charge is -2.32. The molecular formula is C24H24F3N7O2. The Morgan fingerprint density at radius 1 is 1.17 bits per heavy atom. The summed E-state index contributed by atoms with van der Waals surface area (Å²) in [5.74, 6) is -0.0476. The Labute approximate surface area is 204 Å². The number of hydrogen-bond donors (Lipinski definition) is 1. The minimum Gasteiger partial charge on any atom is -0.383 e. The predicted octanol–water partition coefficient (Wildman–Crippen LogP) is 3.59. The number of amides is 1. The van der Waals surface area contributed by atoms with Crippen molar-refractivity contribution in [2.24, 2.45) is 7.05 Å². The standard InChI is InChI=1S/C24H24F3N7O2/c1-32(9-3-4-10-35)34(14-15-5-8-20(29-12-15)24(25,26)27)23(36)16-6-7-19-17(11-16)21-18(22(28)31-19)13-30-33(21)2/h5-8,10-13H,3-4,9,14H2,1-2H3,(H2,28,31). The SMILES string of the molecule is CN(CCCC=O)N(Cc1ccc(C(F)(F)F)nc1)C(=O)c1ccc2nc(N)c3cnn(C)c3c2c1. The van der Waals surface area contributed by atoms with E-state index in [0.29, 0.717) is 52.6 Å². The maximum Gasteiger partial charge on any atom is 0.433 e. The van der Waals surface area contributed by atoms with E-state index in [1.807, 2.05) is 0 Å². The highest BCUT2D eigenvalue weighted by atomic mass is 19.4. The molecule has 4 rings (SSSR count). The molecular weight excluding hydrogens is 475 g/mol. The van der Waals surface area contributed by atoms with Crippen LogP contribution in [-0.4, -0.2) is 55.6 Å². The van der Waals surface area contributed by atoms with E-state index in [1.54, 1.807) is 48.2 Å². The highest BCUT2D eigenvalue weighted by molar-refractivity contribution is 6.10. The molecule has 0 spiro atoms. The van der Waals surface area contributed by atoms with E-state index in [0.717, 1.165) is 24.1 Å². The number of aromatic nitrogens is 4. The summed E-state index contributed by atoms with van der Waals surface area (Å²) >= 11 is 0. The van der Waals surface area contributed by atoms with Gasteiger partial charge in [-0.2, -0.15) is 18.3 Å². The van der Waals surface area contributed by atoms with Gasteiger partial charge in [0.1, 0.15) is 17.8 Å². The van der Waals surface area contributed by atoms with E-state index in [1.165, 1.54) is 11.1 Å². The van der Waals surface area contributed by atoms with Gasteiger partial charge < -0.3 is 10.5 Å².